The molecule has 0 radical (unpaired) electrons. The number of carbonyl (C=O) groups is 2. The number of carbonyl (C=O) groups excluding carboxylic acids is 2. The molecule has 2 saturated carbocycles. The van der Waals surface area contributed by atoms with E-state index in [0.717, 1.165) is 53.8 Å². The minimum absolute atomic E-state index is 0.00879. The van der Waals surface area contributed by atoms with Gasteiger partial charge in [0.15, 0.2) is 0 Å². The van der Waals surface area contributed by atoms with Gasteiger partial charge in [-0.1, -0.05) is 18.2 Å². The number of pyridine rings is 2. The van der Waals surface area contributed by atoms with Crippen LogP contribution < -0.4 is 10.6 Å². The molecule has 184 valence electrons. The predicted octanol–water partition coefficient (Wildman–Crippen LogP) is 5.39. The molecule has 2 amide bonds. The van der Waals surface area contributed by atoms with E-state index in [-0.39, 0.29) is 17.7 Å². The van der Waals surface area contributed by atoms with E-state index in [1.165, 1.54) is 6.33 Å². The van der Waals surface area contributed by atoms with E-state index < -0.39 is 0 Å². The van der Waals surface area contributed by atoms with Crippen LogP contribution in [0.5, 0.6) is 0 Å². The number of benzene rings is 1. The fraction of sp³-hybridized carbons (Fsp3) is 0.241. The van der Waals surface area contributed by atoms with Crippen molar-refractivity contribution in [2.75, 3.05) is 10.6 Å². The van der Waals surface area contributed by atoms with Gasteiger partial charge in [0.25, 0.3) is 5.91 Å². The van der Waals surface area contributed by atoms with Gasteiger partial charge in [-0.05, 0) is 62.4 Å². The standard InChI is InChI=1S/C29H26N6O2/c1-17-24(13-23(15-31-17)34-29(37)22-9-10-30-25(12-22)18-5-6-18)20-3-2-4-21(11-20)26-14-27(33-16-32-26)35-28(36)19-7-8-19/h2-4,9-16,18-19H,5-8H2,1H3,(H,34,37)(H,32,33,35,36). The molecule has 0 atom stereocenters. The van der Waals surface area contributed by atoms with Crippen molar-refractivity contribution >= 4 is 23.3 Å². The number of rotatable bonds is 7. The summed E-state index contributed by atoms with van der Waals surface area (Å²) in [6.07, 6.45) is 8.96. The number of nitrogens with zero attached hydrogens (tertiary/aromatic N) is 4. The van der Waals surface area contributed by atoms with Gasteiger partial charge in [0.1, 0.15) is 12.1 Å². The number of hydrogen-bond donors (Lipinski definition) is 2. The van der Waals surface area contributed by atoms with Crippen molar-refractivity contribution < 1.29 is 9.59 Å². The van der Waals surface area contributed by atoms with Crippen LogP contribution in [0.2, 0.25) is 0 Å². The van der Waals surface area contributed by atoms with E-state index in [0.29, 0.717) is 28.7 Å². The molecular formula is C29H26N6O2. The Kier molecular flexibility index (Phi) is 5.92. The van der Waals surface area contributed by atoms with Crippen molar-refractivity contribution in [2.24, 2.45) is 5.92 Å². The van der Waals surface area contributed by atoms with Gasteiger partial charge < -0.3 is 10.6 Å². The van der Waals surface area contributed by atoms with E-state index in [1.807, 2.05) is 43.3 Å². The van der Waals surface area contributed by atoms with Gasteiger partial charge in [0, 0.05) is 52.2 Å². The molecule has 8 nitrogen and oxygen atoms in total. The zero-order chi connectivity index (χ0) is 25.4. The van der Waals surface area contributed by atoms with Crippen molar-refractivity contribution in [1.82, 2.24) is 19.9 Å². The third-order valence-corrected chi connectivity index (χ3v) is 6.72. The topological polar surface area (TPSA) is 110 Å². The van der Waals surface area contributed by atoms with E-state index in [9.17, 15) is 9.59 Å². The van der Waals surface area contributed by atoms with Gasteiger partial charge in [0.05, 0.1) is 17.6 Å². The summed E-state index contributed by atoms with van der Waals surface area (Å²) in [6.45, 7) is 1.94. The first-order chi connectivity index (χ1) is 18.0. The highest BCUT2D eigenvalue weighted by molar-refractivity contribution is 6.04. The van der Waals surface area contributed by atoms with Gasteiger partial charge in [-0.2, -0.15) is 0 Å². The maximum atomic E-state index is 12.9. The summed E-state index contributed by atoms with van der Waals surface area (Å²) in [5, 5.41) is 5.86. The Morgan fingerprint density at radius 3 is 2.51 bits per heavy atom. The molecule has 8 heteroatoms. The van der Waals surface area contributed by atoms with Crippen molar-refractivity contribution in [2.45, 2.75) is 38.5 Å². The molecule has 2 aliphatic rings. The average molecular weight is 491 g/mol. The van der Waals surface area contributed by atoms with E-state index in [1.54, 1.807) is 24.5 Å². The predicted molar refractivity (Wildman–Crippen MR) is 141 cm³/mol. The number of nitrogens with one attached hydrogen (secondary N) is 2. The van der Waals surface area contributed by atoms with Crippen LogP contribution in [0.4, 0.5) is 11.5 Å². The van der Waals surface area contributed by atoms with Crippen molar-refractivity contribution in [1.29, 1.82) is 0 Å². The lowest BCUT2D eigenvalue weighted by Gasteiger charge is -2.12. The third-order valence-electron chi connectivity index (χ3n) is 6.72. The molecule has 1 aromatic carbocycles. The van der Waals surface area contributed by atoms with E-state index >= 15 is 0 Å². The molecule has 37 heavy (non-hydrogen) atoms. The van der Waals surface area contributed by atoms with Gasteiger partial charge in [-0.3, -0.25) is 19.6 Å². The lowest BCUT2D eigenvalue weighted by atomic mass is 10.00. The van der Waals surface area contributed by atoms with Gasteiger partial charge in [-0.25, -0.2) is 9.97 Å². The van der Waals surface area contributed by atoms with Crippen LogP contribution in [0.3, 0.4) is 0 Å². The number of hydrogen-bond acceptors (Lipinski definition) is 6. The lowest BCUT2D eigenvalue weighted by molar-refractivity contribution is -0.117. The monoisotopic (exact) mass is 490 g/mol. The Hall–Kier alpha value is -4.46. The molecule has 3 aromatic heterocycles. The second-order valence-electron chi connectivity index (χ2n) is 9.69. The normalized spacial score (nSPS) is 14.7. The largest absolute Gasteiger partial charge is 0.321 e. The van der Waals surface area contributed by atoms with Gasteiger partial charge in [0.2, 0.25) is 5.91 Å². The molecule has 2 fully saturated rings. The number of aromatic nitrogens is 4. The molecule has 2 N–H and O–H groups in total. The molecule has 2 aliphatic carbocycles. The smallest absolute Gasteiger partial charge is 0.255 e. The van der Waals surface area contributed by atoms with Crippen molar-refractivity contribution in [3.05, 3.63) is 84.2 Å². The first kappa shape index (κ1) is 23.0. The molecule has 3 heterocycles. The first-order valence-electron chi connectivity index (χ1n) is 12.5. The molecule has 0 bridgehead atoms. The molecule has 0 aliphatic heterocycles. The molecular weight excluding hydrogens is 464 g/mol. The molecule has 0 unspecified atom stereocenters. The lowest BCUT2D eigenvalue weighted by Crippen LogP contribution is -2.14. The van der Waals surface area contributed by atoms with Crippen LogP contribution >= 0.6 is 0 Å². The summed E-state index contributed by atoms with van der Waals surface area (Å²) in [5.41, 5.74) is 6.48. The Bertz CT molecular complexity index is 1510. The zero-order valence-corrected chi connectivity index (χ0v) is 20.4. The highest BCUT2D eigenvalue weighted by Gasteiger charge is 2.30. The minimum atomic E-state index is -0.184. The first-order valence-corrected chi connectivity index (χ1v) is 12.5. The average Bonchev–Trinajstić information content (AvgIpc) is 3.83. The summed E-state index contributed by atoms with van der Waals surface area (Å²) in [7, 11) is 0. The van der Waals surface area contributed by atoms with E-state index in [4.69, 9.17) is 0 Å². The van der Waals surface area contributed by atoms with Crippen LogP contribution in [0, 0.1) is 12.8 Å². The molecule has 0 saturated heterocycles. The van der Waals surface area contributed by atoms with Crippen molar-refractivity contribution in [3.8, 4) is 22.4 Å². The van der Waals surface area contributed by atoms with Crippen LogP contribution in [-0.2, 0) is 4.79 Å². The number of aryl methyl sites for hydroxylation is 1. The fourth-order valence-electron chi connectivity index (χ4n) is 4.29. The Labute approximate surface area is 214 Å². The third kappa shape index (κ3) is 5.23. The highest BCUT2D eigenvalue weighted by atomic mass is 16.2. The summed E-state index contributed by atoms with van der Waals surface area (Å²) in [6, 6.07) is 15.3. The summed E-state index contributed by atoms with van der Waals surface area (Å²) in [5.74, 6) is 0.901. The second kappa shape index (κ2) is 9.54. The molecule has 4 aromatic rings. The van der Waals surface area contributed by atoms with Crippen LogP contribution in [-0.4, -0.2) is 31.8 Å². The van der Waals surface area contributed by atoms with E-state index in [2.05, 4.69) is 30.6 Å². The summed E-state index contributed by atoms with van der Waals surface area (Å²) in [4.78, 5) is 42.6. The maximum absolute atomic E-state index is 12.9. The maximum Gasteiger partial charge on any atom is 0.255 e. The van der Waals surface area contributed by atoms with Crippen LogP contribution in [0.1, 0.15) is 53.3 Å². The second-order valence-corrected chi connectivity index (χ2v) is 9.69. The summed E-state index contributed by atoms with van der Waals surface area (Å²) < 4.78 is 0. The SMILES string of the molecule is Cc1ncc(NC(=O)c2ccnc(C3CC3)c2)cc1-c1cccc(-c2cc(NC(=O)C3CC3)ncn2)c1. The van der Waals surface area contributed by atoms with Gasteiger partial charge in [-0.15, -0.1) is 0 Å². The molecule has 0 spiro atoms. The Morgan fingerprint density at radius 1 is 0.865 bits per heavy atom. The quantitative estimate of drug-likeness (QED) is 0.360. The Morgan fingerprint density at radius 2 is 1.70 bits per heavy atom. The van der Waals surface area contributed by atoms with Gasteiger partial charge >= 0.3 is 0 Å². The molecule has 6 rings (SSSR count). The van der Waals surface area contributed by atoms with Crippen LogP contribution in [0.25, 0.3) is 22.4 Å². The van der Waals surface area contributed by atoms with Crippen LogP contribution in [0.15, 0.2) is 67.3 Å². The number of anilines is 2. The zero-order valence-electron chi connectivity index (χ0n) is 20.4. The summed E-state index contributed by atoms with van der Waals surface area (Å²) >= 11 is 0. The van der Waals surface area contributed by atoms with Crippen molar-refractivity contribution in [3.63, 3.8) is 0 Å². The Balaban J connectivity index is 1.24. The minimum Gasteiger partial charge on any atom is -0.321 e. The highest BCUT2D eigenvalue weighted by Crippen LogP contribution is 2.39. The number of amides is 2. The fourth-order valence-corrected chi connectivity index (χ4v) is 4.29.